The molecule has 1 aromatic carbocycles. The van der Waals surface area contributed by atoms with Crippen LogP contribution < -0.4 is 5.32 Å². The standard InChI is InChI=1S/C15H18N2.CH2O2/c1-4-6-12(2)9-13(3)17-15-8-5-7-14(10-15)11-16;2-1-3/h5-10,17H,4H2,1-3H3;1H,(H,2,3)/b12-6+,13-9-;. The fourth-order valence-electron chi connectivity index (χ4n) is 1.65. The molecule has 0 aliphatic rings. The monoisotopic (exact) mass is 272 g/mol. The highest BCUT2D eigenvalue weighted by Crippen LogP contribution is 2.13. The van der Waals surface area contributed by atoms with E-state index in [-0.39, 0.29) is 6.47 Å². The molecular weight excluding hydrogens is 252 g/mol. The van der Waals surface area contributed by atoms with Crippen LogP contribution in [-0.2, 0) is 4.79 Å². The number of hydrogen-bond donors (Lipinski definition) is 2. The molecule has 0 bridgehead atoms. The average Bonchev–Trinajstić information content (AvgIpc) is 2.39. The fraction of sp³-hybridized carbons (Fsp3) is 0.250. The van der Waals surface area contributed by atoms with E-state index in [4.69, 9.17) is 15.2 Å². The van der Waals surface area contributed by atoms with Crippen molar-refractivity contribution >= 4 is 12.2 Å². The lowest BCUT2D eigenvalue weighted by Gasteiger charge is -2.07. The smallest absolute Gasteiger partial charge is 0.290 e. The van der Waals surface area contributed by atoms with Gasteiger partial charge in [0.05, 0.1) is 11.6 Å². The van der Waals surface area contributed by atoms with E-state index in [1.807, 2.05) is 25.1 Å². The van der Waals surface area contributed by atoms with Gasteiger partial charge in [0.25, 0.3) is 6.47 Å². The Morgan fingerprint density at radius 3 is 2.65 bits per heavy atom. The molecule has 0 saturated carbocycles. The SMILES string of the molecule is CC/C=C(C)/C=C(/C)Nc1cccc(C#N)c1.O=CO. The first-order chi connectivity index (χ1) is 9.57. The van der Waals surface area contributed by atoms with Crippen LogP contribution in [0, 0.1) is 11.3 Å². The topological polar surface area (TPSA) is 73.1 Å². The Morgan fingerprint density at radius 1 is 1.45 bits per heavy atom. The third-order valence-electron chi connectivity index (χ3n) is 2.30. The molecule has 4 nitrogen and oxygen atoms in total. The molecule has 0 amide bonds. The van der Waals surface area contributed by atoms with Crippen molar-refractivity contribution in [2.24, 2.45) is 0 Å². The van der Waals surface area contributed by atoms with Gasteiger partial charge in [0.15, 0.2) is 0 Å². The number of rotatable bonds is 4. The molecule has 0 aromatic heterocycles. The van der Waals surface area contributed by atoms with Crippen molar-refractivity contribution in [1.29, 1.82) is 5.26 Å². The average molecular weight is 272 g/mol. The van der Waals surface area contributed by atoms with Crippen molar-refractivity contribution in [2.45, 2.75) is 27.2 Å². The maximum Gasteiger partial charge on any atom is 0.290 e. The van der Waals surface area contributed by atoms with E-state index in [0.29, 0.717) is 5.56 Å². The van der Waals surface area contributed by atoms with E-state index in [1.165, 1.54) is 5.57 Å². The van der Waals surface area contributed by atoms with Crippen molar-refractivity contribution in [3.8, 4) is 6.07 Å². The Balaban J connectivity index is 0.00000110. The van der Waals surface area contributed by atoms with Crippen LogP contribution in [0.4, 0.5) is 5.69 Å². The second-order valence-corrected chi connectivity index (χ2v) is 4.11. The summed E-state index contributed by atoms with van der Waals surface area (Å²) in [6.45, 7) is 5.98. The van der Waals surface area contributed by atoms with Crippen molar-refractivity contribution in [1.82, 2.24) is 0 Å². The second-order valence-electron chi connectivity index (χ2n) is 4.11. The van der Waals surface area contributed by atoms with E-state index in [0.717, 1.165) is 17.8 Å². The maximum atomic E-state index is 8.81. The van der Waals surface area contributed by atoms with Crippen LogP contribution in [0.1, 0.15) is 32.8 Å². The summed E-state index contributed by atoms with van der Waals surface area (Å²) in [4.78, 5) is 8.36. The number of nitrogens with zero attached hydrogens (tertiary/aromatic N) is 1. The number of carboxylic acid groups (broad SMARTS) is 1. The van der Waals surface area contributed by atoms with Crippen LogP contribution in [-0.4, -0.2) is 11.6 Å². The van der Waals surface area contributed by atoms with E-state index in [9.17, 15) is 0 Å². The number of benzene rings is 1. The Hall–Kier alpha value is -2.54. The number of hydrogen-bond acceptors (Lipinski definition) is 3. The third kappa shape index (κ3) is 7.72. The summed E-state index contributed by atoms with van der Waals surface area (Å²) in [5, 5.41) is 19.0. The maximum absolute atomic E-state index is 8.81. The molecule has 0 saturated heterocycles. The Bertz CT molecular complexity index is 526. The predicted octanol–water partition coefficient (Wildman–Crippen LogP) is 3.93. The molecule has 0 atom stereocenters. The van der Waals surface area contributed by atoms with Gasteiger partial charge in [0, 0.05) is 11.4 Å². The molecule has 0 aliphatic carbocycles. The Morgan fingerprint density at radius 2 is 2.10 bits per heavy atom. The van der Waals surface area contributed by atoms with Gasteiger partial charge in [-0.25, -0.2) is 0 Å². The van der Waals surface area contributed by atoms with Crippen LogP contribution in [0.2, 0.25) is 0 Å². The van der Waals surface area contributed by atoms with Gasteiger partial charge in [-0.3, -0.25) is 4.79 Å². The van der Waals surface area contributed by atoms with Crippen LogP contribution in [0.25, 0.3) is 0 Å². The molecule has 0 radical (unpaired) electrons. The van der Waals surface area contributed by atoms with Gasteiger partial charge in [-0.05, 0) is 44.5 Å². The molecule has 0 aliphatic heterocycles. The van der Waals surface area contributed by atoms with E-state index < -0.39 is 0 Å². The molecule has 0 fully saturated rings. The van der Waals surface area contributed by atoms with Crippen molar-refractivity contribution in [3.05, 3.63) is 53.3 Å². The number of nitrogens with one attached hydrogen (secondary N) is 1. The summed E-state index contributed by atoms with van der Waals surface area (Å²) in [6.07, 6.45) is 5.32. The molecule has 20 heavy (non-hydrogen) atoms. The first-order valence-electron chi connectivity index (χ1n) is 6.27. The quantitative estimate of drug-likeness (QED) is 0.643. The van der Waals surface area contributed by atoms with E-state index in [2.05, 4.69) is 37.4 Å². The first-order valence-corrected chi connectivity index (χ1v) is 6.27. The summed E-state index contributed by atoms with van der Waals surface area (Å²) >= 11 is 0. The van der Waals surface area contributed by atoms with E-state index in [1.54, 1.807) is 6.07 Å². The van der Waals surface area contributed by atoms with E-state index >= 15 is 0 Å². The minimum Gasteiger partial charge on any atom is -0.483 e. The van der Waals surface area contributed by atoms with Crippen molar-refractivity contribution < 1.29 is 9.90 Å². The van der Waals surface area contributed by atoms with Gasteiger partial charge in [-0.2, -0.15) is 5.26 Å². The highest BCUT2D eigenvalue weighted by Gasteiger charge is 1.95. The molecule has 0 unspecified atom stereocenters. The Kier molecular flexibility index (Phi) is 9.07. The number of anilines is 1. The Labute approximate surface area is 120 Å². The summed E-state index contributed by atoms with van der Waals surface area (Å²) in [5.41, 5.74) is 3.93. The molecule has 2 N–H and O–H groups in total. The molecule has 1 rings (SSSR count). The second kappa shape index (κ2) is 10.4. The predicted molar refractivity (Wildman–Crippen MR) is 81.3 cm³/mol. The minimum atomic E-state index is -0.250. The zero-order chi connectivity index (χ0) is 15.4. The van der Waals surface area contributed by atoms with Gasteiger partial charge in [-0.1, -0.05) is 24.6 Å². The van der Waals surface area contributed by atoms with Gasteiger partial charge >= 0.3 is 0 Å². The van der Waals surface area contributed by atoms with Crippen LogP contribution in [0.3, 0.4) is 0 Å². The summed E-state index contributed by atoms with van der Waals surface area (Å²) in [5.74, 6) is 0. The van der Waals surface area contributed by atoms with Gasteiger partial charge in [0.2, 0.25) is 0 Å². The van der Waals surface area contributed by atoms with Crippen molar-refractivity contribution in [2.75, 3.05) is 5.32 Å². The number of nitriles is 1. The minimum absolute atomic E-state index is 0.250. The van der Waals surface area contributed by atoms with Crippen LogP contribution in [0.15, 0.2) is 47.7 Å². The van der Waals surface area contributed by atoms with Crippen molar-refractivity contribution in [3.63, 3.8) is 0 Å². The van der Waals surface area contributed by atoms with Crippen LogP contribution >= 0.6 is 0 Å². The lowest BCUT2D eigenvalue weighted by atomic mass is 10.2. The lowest BCUT2D eigenvalue weighted by molar-refractivity contribution is -0.122. The third-order valence-corrected chi connectivity index (χ3v) is 2.30. The zero-order valence-electron chi connectivity index (χ0n) is 12.1. The fourth-order valence-corrected chi connectivity index (χ4v) is 1.65. The zero-order valence-corrected chi connectivity index (χ0v) is 12.1. The summed E-state index contributed by atoms with van der Waals surface area (Å²) < 4.78 is 0. The first kappa shape index (κ1) is 17.5. The molecule has 106 valence electrons. The molecule has 0 spiro atoms. The normalized spacial score (nSPS) is 10.9. The summed E-state index contributed by atoms with van der Waals surface area (Å²) in [6, 6.07) is 9.61. The molecule has 1 aromatic rings. The summed E-state index contributed by atoms with van der Waals surface area (Å²) in [7, 11) is 0. The number of carbonyl (C=O) groups is 1. The number of allylic oxidation sites excluding steroid dienone is 4. The van der Waals surface area contributed by atoms with Gasteiger partial charge < -0.3 is 10.4 Å². The van der Waals surface area contributed by atoms with Gasteiger partial charge in [0.1, 0.15) is 0 Å². The lowest BCUT2D eigenvalue weighted by Crippen LogP contribution is -1.96. The molecular formula is C16H20N2O2. The van der Waals surface area contributed by atoms with Gasteiger partial charge in [-0.15, -0.1) is 0 Å². The van der Waals surface area contributed by atoms with Crippen LogP contribution in [0.5, 0.6) is 0 Å². The molecule has 4 heteroatoms. The largest absolute Gasteiger partial charge is 0.483 e. The highest BCUT2D eigenvalue weighted by atomic mass is 16.3. The molecule has 0 heterocycles. The highest BCUT2D eigenvalue weighted by molar-refractivity contribution is 5.52.